The van der Waals surface area contributed by atoms with Crippen LogP contribution in [0.1, 0.15) is 25.5 Å². The molecule has 0 amide bonds. The van der Waals surface area contributed by atoms with Crippen LogP contribution in [0.25, 0.3) is 5.52 Å². The second-order valence-electron chi connectivity index (χ2n) is 3.34. The van der Waals surface area contributed by atoms with Crippen LogP contribution in [0.5, 0.6) is 0 Å². The van der Waals surface area contributed by atoms with E-state index in [1.165, 1.54) is 0 Å². The van der Waals surface area contributed by atoms with Crippen LogP contribution in [0.15, 0.2) is 23.3 Å². The van der Waals surface area contributed by atoms with E-state index in [1.54, 1.807) is 16.9 Å². The molecule has 4 nitrogen and oxygen atoms in total. The number of aromatic amines is 1. The summed E-state index contributed by atoms with van der Waals surface area (Å²) in [4.78, 5) is 13.9. The second kappa shape index (κ2) is 2.73. The highest BCUT2D eigenvalue weighted by Crippen LogP contribution is 2.12. The largest absolute Gasteiger partial charge is 0.326 e. The Bertz CT molecular complexity index is 481. The van der Waals surface area contributed by atoms with Crippen molar-refractivity contribution in [1.29, 1.82) is 0 Å². The van der Waals surface area contributed by atoms with E-state index < -0.39 is 0 Å². The van der Waals surface area contributed by atoms with Crippen molar-refractivity contribution in [2.45, 2.75) is 19.8 Å². The van der Waals surface area contributed by atoms with Crippen molar-refractivity contribution in [2.24, 2.45) is 0 Å². The van der Waals surface area contributed by atoms with Crippen molar-refractivity contribution in [1.82, 2.24) is 14.6 Å². The van der Waals surface area contributed by atoms with Crippen molar-refractivity contribution in [3.63, 3.8) is 0 Å². The molecule has 1 N–H and O–H groups in total. The van der Waals surface area contributed by atoms with Gasteiger partial charge in [0.05, 0.1) is 5.69 Å². The zero-order valence-corrected chi connectivity index (χ0v) is 7.61. The van der Waals surface area contributed by atoms with Crippen molar-refractivity contribution in [2.75, 3.05) is 0 Å². The molecule has 2 aromatic rings. The zero-order valence-electron chi connectivity index (χ0n) is 7.61. The molecule has 0 radical (unpaired) electrons. The predicted molar refractivity (Wildman–Crippen MR) is 49.9 cm³/mol. The number of rotatable bonds is 1. The summed E-state index contributed by atoms with van der Waals surface area (Å²) < 4.78 is 1.61. The highest BCUT2D eigenvalue weighted by molar-refractivity contribution is 5.45. The van der Waals surface area contributed by atoms with E-state index in [1.807, 2.05) is 6.07 Å². The number of nitrogens with zero attached hydrogens (tertiary/aromatic N) is 2. The quantitative estimate of drug-likeness (QED) is 0.710. The molecule has 0 bridgehead atoms. The fourth-order valence-electron chi connectivity index (χ4n) is 1.24. The van der Waals surface area contributed by atoms with E-state index in [9.17, 15) is 4.79 Å². The lowest BCUT2D eigenvalue weighted by molar-refractivity contribution is 0.786. The molecule has 0 aliphatic rings. The van der Waals surface area contributed by atoms with Crippen LogP contribution in [0.4, 0.5) is 0 Å². The average Bonchev–Trinajstić information content (AvgIpc) is 2.49. The maximum absolute atomic E-state index is 11.3. The SMILES string of the molecule is CC(C)c1cc2c(=O)[nH]ccn2n1. The third kappa shape index (κ3) is 1.24. The Morgan fingerprint density at radius 3 is 2.92 bits per heavy atom. The van der Waals surface area contributed by atoms with Gasteiger partial charge in [0.25, 0.3) is 5.56 Å². The highest BCUT2D eigenvalue weighted by atomic mass is 16.1. The summed E-state index contributed by atoms with van der Waals surface area (Å²) in [5.74, 6) is 0.347. The van der Waals surface area contributed by atoms with E-state index in [-0.39, 0.29) is 5.56 Å². The van der Waals surface area contributed by atoms with Gasteiger partial charge in [-0.25, -0.2) is 4.52 Å². The minimum Gasteiger partial charge on any atom is -0.326 e. The van der Waals surface area contributed by atoms with Crippen LogP contribution < -0.4 is 5.56 Å². The minimum absolute atomic E-state index is 0.0955. The number of hydrogen-bond donors (Lipinski definition) is 1. The molecule has 4 heteroatoms. The molecule has 0 aromatic carbocycles. The van der Waals surface area contributed by atoms with Gasteiger partial charge < -0.3 is 4.98 Å². The normalized spacial score (nSPS) is 11.3. The summed E-state index contributed by atoms with van der Waals surface area (Å²) in [5.41, 5.74) is 1.45. The van der Waals surface area contributed by atoms with Gasteiger partial charge in [0.1, 0.15) is 5.52 Å². The molecule has 0 saturated carbocycles. The first-order valence-corrected chi connectivity index (χ1v) is 4.25. The first-order chi connectivity index (χ1) is 6.18. The summed E-state index contributed by atoms with van der Waals surface area (Å²) in [6, 6.07) is 1.82. The molecule has 68 valence electrons. The van der Waals surface area contributed by atoms with E-state index in [0.29, 0.717) is 11.4 Å². The Kier molecular flexibility index (Phi) is 1.69. The first kappa shape index (κ1) is 8.04. The Morgan fingerprint density at radius 1 is 1.54 bits per heavy atom. The molecule has 0 atom stereocenters. The molecule has 0 fully saturated rings. The van der Waals surface area contributed by atoms with E-state index >= 15 is 0 Å². The maximum atomic E-state index is 11.3. The molecular formula is C9H11N3O. The summed E-state index contributed by atoms with van der Waals surface area (Å²) in [5, 5.41) is 4.27. The number of aromatic nitrogens is 3. The molecule has 0 aliphatic carbocycles. The fourth-order valence-corrected chi connectivity index (χ4v) is 1.24. The van der Waals surface area contributed by atoms with Gasteiger partial charge in [-0.05, 0) is 12.0 Å². The minimum atomic E-state index is -0.0955. The van der Waals surface area contributed by atoms with Gasteiger partial charge in [0.2, 0.25) is 0 Å². The standard InChI is InChI=1S/C9H11N3O/c1-6(2)7-5-8-9(13)10-3-4-12(8)11-7/h3-6H,1-2H3,(H,10,13). The summed E-state index contributed by atoms with van der Waals surface area (Å²) in [7, 11) is 0. The lowest BCUT2D eigenvalue weighted by Gasteiger charge is -1.94. The predicted octanol–water partition coefficient (Wildman–Crippen LogP) is 1.15. The molecular weight excluding hydrogens is 166 g/mol. The van der Waals surface area contributed by atoms with Gasteiger partial charge in [0.15, 0.2) is 0 Å². The van der Waals surface area contributed by atoms with Gasteiger partial charge >= 0.3 is 0 Å². The van der Waals surface area contributed by atoms with Gasteiger partial charge in [-0.1, -0.05) is 13.8 Å². The van der Waals surface area contributed by atoms with Gasteiger partial charge in [-0.15, -0.1) is 0 Å². The molecule has 0 saturated heterocycles. The topological polar surface area (TPSA) is 50.2 Å². The smallest absolute Gasteiger partial charge is 0.273 e. The van der Waals surface area contributed by atoms with E-state index in [0.717, 1.165) is 5.69 Å². The maximum Gasteiger partial charge on any atom is 0.273 e. The Morgan fingerprint density at radius 2 is 2.31 bits per heavy atom. The molecule has 0 spiro atoms. The van der Waals surface area contributed by atoms with E-state index in [4.69, 9.17) is 0 Å². The van der Waals surface area contributed by atoms with Gasteiger partial charge in [-0.3, -0.25) is 4.79 Å². The Hall–Kier alpha value is -1.58. The molecule has 2 aromatic heterocycles. The van der Waals surface area contributed by atoms with Gasteiger partial charge in [-0.2, -0.15) is 5.10 Å². The number of hydrogen-bond acceptors (Lipinski definition) is 2. The fraction of sp³-hybridized carbons (Fsp3) is 0.333. The highest BCUT2D eigenvalue weighted by Gasteiger charge is 2.06. The van der Waals surface area contributed by atoms with Crippen molar-refractivity contribution >= 4 is 5.52 Å². The molecule has 0 aliphatic heterocycles. The monoisotopic (exact) mass is 177 g/mol. The Labute approximate surface area is 75.2 Å². The lowest BCUT2D eigenvalue weighted by atomic mass is 10.1. The van der Waals surface area contributed by atoms with E-state index in [2.05, 4.69) is 23.9 Å². The molecule has 2 rings (SSSR count). The lowest BCUT2D eigenvalue weighted by Crippen LogP contribution is -2.07. The van der Waals surface area contributed by atoms with Crippen molar-refractivity contribution < 1.29 is 0 Å². The summed E-state index contributed by atoms with van der Waals surface area (Å²) in [6.45, 7) is 4.10. The number of H-pyrrole nitrogens is 1. The second-order valence-corrected chi connectivity index (χ2v) is 3.34. The molecule has 0 unspecified atom stereocenters. The van der Waals surface area contributed by atoms with Crippen LogP contribution in [0.2, 0.25) is 0 Å². The number of fused-ring (bicyclic) bond motifs is 1. The van der Waals surface area contributed by atoms with Crippen LogP contribution >= 0.6 is 0 Å². The van der Waals surface area contributed by atoms with Crippen LogP contribution in [-0.2, 0) is 0 Å². The van der Waals surface area contributed by atoms with Crippen LogP contribution in [0.3, 0.4) is 0 Å². The van der Waals surface area contributed by atoms with Gasteiger partial charge in [0, 0.05) is 12.4 Å². The van der Waals surface area contributed by atoms with Crippen LogP contribution in [-0.4, -0.2) is 14.6 Å². The third-order valence-electron chi connectivity index (χ3n) is 2.01. The van der Waals surface area contributed by atoms with Crippen molar-refractivity contribution in [3.05, 3.63) is 34.5 Å². The third-order valence-corrected chi connectivity index (χ3v) is 2.01. The summed E-state index contributed by atoms with van der Waals surface area (Å²) in [6.07, 6.45) is 3.33. The molecule has 13 heavy (non-hydrogen) atoms. The Balaban J connectivity index is 2.76. The number of nitrogens with one attached hydrogen (secondary N) is 1. The van der Waals surface area contributed by atoms with Crippen LogP contribution in [0, 0.1) is 0 Å². The zero-order chi connectivity index (χ0) is 9.42. The molecule has 2 heterocycles. The first-order valence-electron chi connectivity index (χ1n) is 4.25. The summed E-state index contributed by atoms with van der Waals surface area (Å²) >= 11 is 0. The average molecular weight is 177 g/mol. The van der Waals surface area contributed by atoms with Crippen molar-refractivity contribution in [3.8, 4) is 0 Å².